The van der Waals surface area contributed by atoms with Gasteiger partial charge in [-0.2, -0.15) is 0 Å². The molecule has 1 aliphatic heterocycles. The lowest BCUT2D eigenvalue weighted by Gasteiger charge is -2.39. The molecule has 33 heavy (non-hydrogen) atoms. The van der Waals surface area contributed by atoms with E-state index < -0.39 is 6.09 Å². The summed E-state index contributed by atoms with van der Waals surface area (Å²) < 4.78 is 10.9. The van der Waals surface area contributed by atoms with E-state index in [-0.39, 0.29) is 17.9 Å². The Labute approximate surface area is 194 Å². The maximum atomic E-state index is 12.1. The van der Waals surface area contributed by atoms with Gasteiger partial charge in [0.25, 0.3) is 5.91 Å². The molecule has 1 aromatic heterocycles. The number of carboxylic acid groups (broad SMARTS) is 1. The molecule has 2 unspecified atom stereocenters. The van der Waals surface area contributed by atoms with E-state index in [0.29, 0.717) is 43.5 Å². The van der Waals surface area contributed by atoms with E-state index >= 15 is 0 Å². The third kappa shape index (κ3) is 6.68. The lowest BCUT2D eigenvalue weighted by molar-refractivity contribution is 0.0583. The van der Waals surface area contributed by atoms with Gasteiger partial charge in [-0.15, -0.1) is 0 Å². The molecule has 0 spiro atoms. The number of nitrogens with zero attached hydrogens (tertiary/aromatic N) is 2. The molecule has 8 heteroatoms. The quantitative estimate of drug-likeness (QED) is 0.556. The molecule has 1 aliphatic rings. The number of pyridine rings is 1. The van der Waals surface area contributed by atoms with Crippen molar-refractivity contribution >= 4 is 12.0 Å². The van der Waals surface area contributed by atoms with Crippen LogP contribution in [0.1, 0.15) is 37.0 Å². The van der Waals surface area contributed by atoms with Gasteiger partial charge in [0.15, 0.2) is 0 Å². The summed E-state index contributed by atoms with van der Waals surface area (Å²) in [4.78, 5) is 29.6. The van der Waals surface area contributed by atoms with Crippen molar-refractivity contribution in [2.24, 2.45) is 11.8 Å². The van der Waals surface area contributed by atoms with Crippen LogP contribution in [0.2, 0.25) is 0 Å². The topological polar surface area (TPSA) is 101 Å². The number of carbonyl (C=O) groups is 2. The standard InChI is InChI=1S/C25H33N3O5/c1-17(2)23-14-18(10-12-28(23)25(30)31)16-33-21-8-9-22(27-15-21)19-4-6-20(7-5-19)24(29)26-11-13-32-3/h4-9,15,17-18,23H,10-14,16H2,1-3H3,(H,26,29)(H,30,31). The van der Waals surface area contributed by atoms with Crippen molar-refractivity contribution in [3.63, 3.8) is 0 Å². The zero-order valence-corrected chi connectivity index (χ0v) is 19.5. The number of hydrogen-bond acceptors (Lipinski definition) is 5. The molecule has 1 aromatic carbocycles. The lowest BCUT2D eigenvalue weighted by Crippen LogP contribution is -2.48. The number of likely N-dealkylation sites (tertiary alicyclic amines) is 1. The van der Waals surface area contributed by atoms with Crippen molar-refractivity contribution in [2.75, 3.05) is 33.4 Å². The van der Waals surface area contributed by atoms with E-state index in [4.69, 9.17) is 9.47 Å². The van der Waals surface area contributed by atoms with Gasteiger partial charge < -0.3 is 24.8 Å². The summed E-state index contributed by atoms with van der Waals surface area (Å²) in [5.41, 5.74) is 2.29. The predicted octanol–water partition coefficient (Wildman–Crippen LogP) is 3.92. The Kier molecular flexibility index (Phi) is 8.65. The Morgan fingerprint density at radius 3 is 2.58 bits per heavy atom. The van der Waals surface area contributed by atoms with Gasteiger partial charge in [0.05, 0.1) is 25.1 Å². The Balaban J connectivity index is 1.53. The highest BCUT2D eigenvalue weighted by Gasteiger charge is 2.33. The van der Waals surface area contributed by atoms with Gasteiger partial charge in [-0.25, -0.2) is 4.79 Å². The Morgan fingerprint density at radius 1 is 1.21 bits per heavy atom. The van der Waals surface area contributed by atoms with Crippen LogP contribution in [-0.2, 0) is 4.74 Å². The highest BCUT2D eigenvalue weighted by atomic mass is 16.5. The number of hydrogen-bond donors (Lipinski definition) is 2. The molecular weight excluding hydrogens is 422 g/mol. The molecule has 1 fully saturated rings. The van der Waals surface area contributed by atoms with Crippen LogP contribution in [0.5, 0.6) is 5.75 Å². The monoisotopic (exact) mass is 455 g/mol. The van der Waals surface area contributed by atoms with Crippen LogP contribution >= 0.6 is 0 Å². The smallest absolute Gasteiger partial charge is 0.407 e. The first-order valence-electron chi connectivity index (χ1n) is 11.3. The Morgan fingerprint density at radius 2 is 1.97 bits per heavy atom. The molecule has 0 saturated carbocycles. The second-order valence-electron chi connectivity index (χ2n) is 8.69. The number of amides is 2. The van der Waals surface area contributed by atoms with Crippen LogP contribution in [0, 0.1) is 11.8 Å². The number of rotatable bonds is 9. The number of benzene rings is 1. The van der Waals surface area contributed by atoms with E-state index in [2.05, 4.69) is 24.1 Å². The second-order valence-corrected chi connectivity index (χ2v) is 8.69. The molecule has 2 N–H and O–H groups in total. The molecule has 178 valence electrons. The lowest BCUT2D eigenvalue weighted by atomic mass is 9.86. The number of nitrogens with one attached hydrogen (secondary N) is 1. The average Bonchev–Trinajstić information content (AvgIpc) is 2.83. The van der Waals surface area contributed by atoms with Crippen molar-refractivity contribution < 1.29 is 24.2 Å². The number of carbonyl (C=O) groups excluding carboxylic acids is 1. The van der Waals surface area contributed by atoms with Crippen molar-refractivity contribution in [1.29, 1.82) is 0 Å². The summed E-state index contributed by atoms with van der Waals surface area (Å²) in [6.45, 7) is 6.16. The van der Waals surface area contributed by atoms with Gasteiger partial charge in [-0.1, -0.05) is 26.0 Å². The van der Waals surface area contributed by atoms with Crippen molar-refractivity contribution in [3.05, 3.63) is 48.2 Å². The van der Waals surface area contributed by atoms with Gasteiger partial charge in [-0.3, -0.25) is 9.78 Å². The Bertz CT molecular complexity index is 915. The van der Waals surface area contributed by atoms with E-state index in [1.54, 1.807) is 30.3 Å². The van der Waals surface area contributed by atoms with Crippen LogP contribution in [0.4, 0.5) is 4.79 Å². The summed E-state index contributed by atoms with van der Waals surface area (Å²) in [7, 11) is 1.59. The maximum Gasteiger partial charge on any atom is 0.407 e. The van der Waals surface area contributed by atoms with Crippen molar-refractivity contribution in [3.8, 4) is 17.0 Å². The fourth-order valence-corrected chi connectivity index (χ4v) is 4.11. The highest BCUT2D eigenvalue weighted by molar-refractivity contribution is 5.94. The van der Waals surface area contributed by atoms with Crippen molar-refractivity contribution in [1.82, 2.24) is 15.2 Å². The molecule has 0 bridgehead atoms. The maximum absolute atomic E-state index is 12.1. The summed E-state index contributed by atoms with van der Waals surface area (Å²) in [6.07, 6.45) is 2.47. The van der Waals surface area contributed by atoms with Gasteiger partial charge in [-0.05, 0) is 48.9 Å². The van der Waals surface area contributed by atoms with Crippen LogP contribution in [-0.4, -0.2) is 66.4 Å². The molecule has 0 radical (unpaired) electrons. The molecule has 0 aliphatic carbocycles. The fraction of sp³-hybridized carbons (Fsp3) is 0.480. The second kappa shape index (κ2) is 11.7. The van der Waals surface area contributed by atoms with Crippen LogP contribution < -0.4 is 10.1 Å². The minimum Gasteiger partial charge on any atom is -0.492 e. The average molecular weight is 456 g/mol. The highest BCUT2D eigenvalue weighted by Crippen LogP contribution is 2.28. The summed E-state index contributed by atoms with van der Waals surface area (Å²) in [5, 5.41) is 12.2. The molecule has 1 saturated heterocycles. The minimum atomic E-state index is -0.840. The minimum absolute atomic E-state index is 0.0235. The number of methoxy groups -OCH3 is 1. The Hall–Kier alpha value is -3.13. The van der Waals surface area contributed by atoms with E-state index in [9.17, 15) is 14.7 Å². The number of aromatic nitrogens is 1. The van der Waals surface area contributed by atoms with E-state index in [0.717, 1.165) is 24.1 Å². The fourth-order valence-electron chi connectivity index (χ4n) is 4.11. The SMILES string of the molecule is COCCNC(=O)c1ccc(-c2ccc(OCC3CCN(C(=O)O)C(C(C)C)C3)cn2)cc1. The van der Waals surface area contributed by atoms with Crippen LogP contribution in [0.3, 0.4) is 0 Å². The van der Waals surface area contributed by atoms with Gasteiger partial charge in [0, 0.05) is 37.4 Å². The first-order valence-corrected chi connectivity index (χ1v) is 11.3. The zero-order valence-electron chi connectivity index (χ0n) is 19.5. The van der Waals surface area contributed by atoms with E-state index in [1.807, 2.05) is 24.3 Å². The first-order chi connectivity index (χ1) is 15.9. The third-order valence-electron chi connectivity index (χ3n) is 6.03. The molecular formula is C25H33N3O5. The molecule has 8 nitrogen and oxygen atoms in total. The number of ether oxygens (including phenoxy) is 2. The summed E-state index contributed by atoms with van der Waals surface area (Å²) >= 11 is 0. The summed E-state index contributed by atoms with van der Waals surface area (Å²) in [5.74, 6) is 1.14. The molecule has 2 heterocycles. The van der Waals surface area contributed by atoms with E-state index in [1.165, 1.54) is 0 Å². The first kappa shape index (κ1) is 24.5. The normalized spacial score (nSPS) is 18.2. The van der Waals surface area contributed by atoms with Gasteiger partial charge in [0.1, 0.15) is 5.75 Å². The largest absolute Gasteiger partial charge is 0.492 e. The predicted molar refractivity (Wildman–Crippen MR) is 125 cm³/mol. The molecule has 3 rings (SSSR count). The number of piperidine rings is 1. The van der Waals surface area contributed by atoms with Crippen LogP contribution in [0.25, 0.3) is 11.3 Å². The van der Waals surface area contributed by atoms with Crippen LogP contribution in [0.15, 0.2) is 42.6 Å². The zero-order chi connectivity index (χ0) is 23.8. The molecule has 2 aromatic rings. The van der Waals surface area contributed by atoms with Gasteiger partial charge >= 0.3 is 6.09 Å². The molecule has 2 amide bonds. The van der Waals surface area contributed by atoms with Gasteiger partial charge in [0.2, 0.25) is 0 Å². The summed E-state index contributed by atoms with van der Waals surface area (Å²) in [6, 6.07) is 11.1. The third-order valence-corrected chi connectivity index (χ3v) is 6.03. The van der Waals surface area contributed by atoms with Crippen molar-refractivity contribution in [2.45, 2.75) is 32.7 Å². The molecule has 2 atom stereocenters.